The number of carboxylic acids is 1. The fraction of sp³-hybridized carbons (Fsp3) is 0.429. The summed E-state index contributed by atoms with van der Waals surface area (Å²) in [5.41, 5.74) is 0.644. The van der Waals surface area contributed by atoms with Crippen LogP contribution in [0.15, 0.2) is 24.3 Å². The number of amides is 2. The van der Waals surface area contributed by atoms with Gasteiger partial charge in [0.25, 0.3) is 0 Å². The standard InChI is InChI=1S/C14H19FN2O3/c1-3-5-12(13(18)19)16-14(20)17(2)9-10-6-4-7-11(15)8-10/h4,6-8,12H,3,5,9H2,1-2H3,(H,16,20)(H,18,19). The van der Waals surface area contributed by atoms with Gasteiger partial charge >= 0.3 is 12.0 Å². The maximum atomic E-state index is 13.0. The second-order valence-electron chi connectivity index (χ2n) is 4.61. The van der Waals surface area contributed by atoms with E-state index < -0.39 is 18.0 Å². The molecule has 0 spiro atoms. The van der Waals surface area contributed by atoms with Gasteiger partial charge in [-0.2, -0.15) is 0 Å². The van der Waals surface area contributed by atoms with Gasteiger partial charge in [0.2, 0.25) is 0 Å². The molecule has 0 aliphatic carbocycles. The van der Waals surface area contributed by atoms with Gasteiger partial charge < -0.3 is 15.3 Å². The first-order chi connectivity index (χ1) is 9.43. The van der Waals surface area contributed by atoms with Crippen molar-refractivity contribution in [2.45, 2.75) is 32.4 Å². The number of urea groups is 1. The van der Waals surface area contributed by atoms with E-state index in [0.717, 1.165) is 0 Å². The third-order valence-electron chi connectivity index (χ3n) is 2.83. The lowest BCUT2D eigenvalue weighted by Gasteiger charge is -2.21. The van der Waals surface area contributed by atoms with Crippen LogP contribution in [0, 0.1) is 5.82 Å². The lowest BCUT2D eigenvalue weighted by molar-refractivity contribution is -0.139. The summed E-state index contributed by atoms with van der Waals surface area (Å²) in [6.07, 6.45) is 1.03. The zero-order chi connectivity index (χ0) is 15.1. The zero-order valence-corrected chi connectivity index (χ0v) is 11.6. The third-order valence-corrected chi connectivity index (χ3v) is 2.83. The smallest absolute Gasteiger partial charge is 0.326 e. The molecule has 1 unspecified atom stereocenters. The molecule has 2 amide bonds. The van der Waals surface area contributed by atoms with Crippen LogP contribution in [-0.4, -0.2) is 35.1 Å². The Hall–Kier alpha value is -2.11. The summed E-state index contributed by atoms with van der Waals surface area (Å²) < 4.78 is 13.0. The molecule has 0 radical (unpaired) electrons. The topological polar surface area (TPSA) is 69.6 Å². The number of hydrogen-bond acceptors (Lipinski definition) is 2. The van der Waals surface area contributed by atoms with E-state index in [1.54, 1.807) is 12.1 Å². The van der Waals surface area contributed by atoms with E-state index in [-0.39, 0.29) is 12.4 Å². The molecule has 2 N–H and O–H groups in total. The molecule has 0 fully saturated rings. The Morgan fingerprint density at radius 2 is 2.15 bits per heavy atom. The molecule has 0 aliphatic rings. The Morgan fingerprint density at radius 3 is 2.70 bits per heavy atom. The number of benzene rings is 1. The minimum Gasteiger partial charge on any atom is -0.480 e. The molecule has 20 heavy (non-hydrogen) atoms. The van der Waals surface area contributed by atoms with Crippen molar-refractivity contribution < 1.29 is 19.1 Å². The maximum absolute atomic E-state index is 13.0. The molecule has 110 valence electrons. The monoisotopic (exact) mass is 282 g/mol. The molecule has 5 nitrogen and oxygen atoms in total. The van der Waals surface area contributed by atoms with Crippen LogP contribution in [-0.2, 0) is 11.3 Å². The Kier molecular flexibility index (Phi) is 5.96. The molecule has 1 aromatic carbocycles. The third kappa shape index (κ3) is 4.87. The normalized spacial score (nSPS) is 11.8. The van der Waals surface area contributed by atoms with E-state index in [0.29, 0.717) is 18.4 Å². The highest BCUT2D eigenvalue weighted by Gasteiger charge is 2.20. The minimum atomic E-state index is -1.06. The van der Waals surface area contributed by atoms with Gasteiger partial charge in [-0.25, -0.2) is 14.0 Å². The molecule has 1 atom stereocenters. The number of carbonyl (C=O) groups excluding carboxylic acids is 1. The van der Waals surface area contributed by atoms with Crippen molar-refractivity contribution >= 4 is 12.0 Å². The van der Waals surface area contributed by atoms with Crippen LogP contribution in [0.2, 0.25) is 0 Å². The van der Waals surface area contributed by atoms with Crippen LogP contribution in [0.4, 0.5) is 9.18 Å². The number of nitrogens with zero attached hydrogens (tertiary/aromatic N) is 1. The summed E-state index contributed by atoms with van der Waals surface area (Å²) in [6, 6.07) is 4.54. The summed E-state index contributed by atoms with van der Waals surface area (Å²) in [5.74, 6) is -1.43. The molecule has 0 bridgehead atoms. The first-order valence-corrected chi connectivity index (χ1v) is 6.43. The average Bonchev–Trinajstić information content (AvgIpc) is 2.37. The Morgan fingerprint density at radius 1 is 1.45 bits per heavy atom. The van der Waals surface area contributed by atoms with Crippen LogP contribution in [0.1, 0.15) is 25.3 Å². The largest absolute Gasteiger partial charge is 0.480 e. The number of nitrogens with one attached hydrogen (secondary N) is 1. The van der Waals surface area contributed by atoms with E-state index in [1.807, 2.05) is 6.92 Å². The van der Waals surface area contributed by atoms with E-state index in [4.69, 9.17) is 5.11 Å². The Balaban J connectivity index is 2.60. The summed E-state index contributed by atoms with van der Waals surface area (Å²) in [7, 11) is 1.53. The number of carbonyl (C=O) groups is 2. The molecule has 1 rings (SSSR count). The maximum Gasteiger partial charge on any atom is 0.326 e. The minimum absolute atomic E-state index is 0.210. The highest BCUT2D eigenvalue weighted by molar-refractivity contribution is 5.82. The lowest BCUT2D eigenvalue weighted by Crippen LogP contribution is -2.46. The predicted molar refractivity (Wildman–Crippen MR) is 72.7 cm³/mol. The Bertz CT molecular complexity index is 479. The zero-order valence-electron chi connectivity index (χ0n) is 11.6. The van der Waals surface area contributed by atoms with Gasteiger partial charge in [-0.3, -0.25) is 0 Å². The lowest BCUT2D eigenvalue weighted by atomic mass is 10.2. The van der Waals surface area contributed by atoms with Crippen molar-refractivity contribution in [1.29, 1.82) is 0 Å². The predicted octanol–water partition coefficient (Wildman–Crippen LogP) is 2.22. The number of halogens is 1. The molecular weight excluding hydrogens is 263 g/mol. The molecule has 1 aromatic rings. The molecule has 0 saturated heterocycles. The highest BCUT2D eigenvalue weighted by atomic mass is 19.1. The molecular formula is C14H19FN2O3. The van der Waals surface area contributed by atoms with Crippen molar-refractivity contribution in [3.05, 3.63) is 35.6 Å². The highest BCUT2D eigenvalue weighted by Crippen LogP contribution is 2.07. The SMILES string of the molecule is CCCC(NC(=O)N(C)Cc1cccc(F)c1)C(=O)O. The fourth-order valence-electron chi connectivity index (χ4n) is 1.79. The van der Waals surface area contributed by atoms with Gasteiger partial charge in [0.1, 0.15) is 11.9 Å². The Labute approximate surface area is 117 Å². The van der Waals surface area contributed by atoms with Gasteiger partial charge in [0.15, 0.2) is 0 Å². The second-order valence-corrected chi connectivity index (χ2v) is 4.61. The second kappa shape index (κ2) is 7.47. The summed E-state index contributed by atoms with van der Waals surface area (Å²) >= 11 is 0. The van der Waals surface area contributed by atoms with Gasteiger partial charge in [0.05, 0.1) is 0 Å². The summed E-state index contributed by atoms with van der Waals surface area (Å²) in [4.78, 5) is 24.2. The van der Waals surface area contributed by atoms with Crippen molar-refractivity contribution in [3.8, 4) is 0 Å². The molecule has 0 aromatic heterocycles. The molecule has 0 aliphatic heterocycles. The first kappa shape index (κ1) is 15.9. The van der Waals surface area contributed by atoms with Crippen LogP contribution >= 0.6 is 0 Å². The molecule has 6 heteroatoms. The van der Waals surface area contributed by atoms with Crippen molar-refractivity contribution in [2.75, 3.05) is 7.05 Å². The van der Waals surface area contributed by atoms with E-state index in [9.17, 15) is 14.0 Å². The van der Waals surface area contributed by atoms with Crippen LogP contribution < -0.4 is 5.32 Å². The quantitative estimate of drug-likeness (QED) is 0.840. The fourth-order valence-corrected chi connectivity index (χ4v) is 1.79. The van der Waals surface area contributed by atoms with E-state index in [1.165, 1.54) is 24.1 Å². The van der Waals surface area contributed by atoms with Crippen LogP contribution in [0.3, 0.4) is 0 Å². The number of rotatable bonds is 6. The summed E-state index contributed by atoms with van der Waals surface area (Å²) in [5, 5.41) is 11.4. The van der Waals surface area contributed by atoms with Crippen molar-refractivity contribution in [2.24, 2.45) is 0 Å². The average molecular weight is 282 g/mol. The number of hydrogen-bond donors (Lipinski definition) is 2. The first-order valence-electron chi connectivity index (χ1n) is 6.43. The number of carboxylic acid groups (broad SMARTS) is 1. The van der Waals surface area contributed by atoms with Gasteiger partial charge in [-0.15, -0.1) is 0 Å². The summed E-state index contributed by atoms with van der Waals surface area (Å²) in [6.45, 7) is 2.06. The van der Waals surface area contributed by atoms with Gasteiger partial charge in [-0.1, -0.05) is 25.5 Å². The van der Waals surface area contributed by atoms with Crippen LogP contribution in [0.5, 0.6) is 0 Å². The number of aliphatic carboxylic acids is 1. The van der Waals surface area contributed by atoms with Crippen molar-refractivity contribution in [3.63, 3.8) is 0 Å². The van der Waals surface area contributed by atoms with Crippen molar-refractivity contribution in [1.82, 2.24) is 10.2 Å². The van der Waals surface area contributed by atoms with E-state index >= 15 is 0 Å². The van der Waals surface area contributed by atoms with Gasteiger partial charge in [0, 0.05) is 13.6 Å². The molecule has 0 saturated carbocycles. The van der Waals surface area contributed by atoms with E-state index in [2.05, 4.69) is 5.32 Å². The van der Waals surface area contributed by atoms with Crippen LogP contribution in [0.25, 0.3) is 0 Å². The molecule has 0 heterocycles. The van der Waals surface area contributed by atoms with Gasteiger partial charge in [-0.05, 0) is 24.1 Å².